The van der Waals surface area contributed by atoms with Gasteiger partial charge in [-0.05, 0) is 11.9 Å². The number of nitrogens with zero attached hydrogens (tertiary/aromatic N) is 3. The standard InChI is InChI=1S/C5H10N4O2S/c1-11-7-5(2-10)8-3-9(6)12-4-8/h2H,3-4,6H2,1H3/b7-5+. The number of hydrazine groups is 1. The van der Waals surface area contributed by atoms with E-state index in [2.05, 4.69) is 9.99 Å². The van der Waals surface area contributed by atoms with Crippen LogP contribution in [-0.4, -0.2) is 41.1 Å². The summed E-state index contributed by atoms with van der Waals surface area (Å²) in [4.78, 5) is 16.7. The lowest BCUT2D eigenvalue weighted by Crippen LogP contribution is -2.34. The lowest BCUT2D eigenvalue weighted by molar-refractivity contribution is -0.103. The van der Waals surface area contributed by atoms with E-state index in [9.17, 15) is 4.79 Å². The molecule has 0 saturated carbocycles. The summed E-state index contributed by atoms with van der Waals surface area (Å²) < 4.78 is 1.52. The maximum absolute atomic E-state index is 10.5. The highest BCUT2D eigenvalue weighted by atomic mass is 32.2. The van der Waals surface area contributed by atoms with E-state index in [0.29, 0.717) is 18.8 Å². The van der Waals surface area contributed by atoms with Gasteiger partial charge in [-0.1, -0.05) is 5.16 Å². The van der Waals surface area contributed by atoms with Crippen molar-refractivity contribution in [3.05, 3.63) is 0 Å². The topological polar surface area (TPSA) is 71.2 Å². The Kier molecular flexibility index (Phi) is 3.32. The average molecular weight is 190 g/mol. The third-order valence-corrected chi connectivity index (χ3v) is 2.18. The Balaban J connectivity index is 2.55. The van der Waals surface area contributed by atoms with Gasteiger partial charge >= 0.3 is 0 Å². The fourth-order valence-corrected chi connectivity index (χ4v) is 1.50. The summed E-state index contributed by atoms with van der Waals surface area (Å²) >= 11 is 1.42. The van der Waals surface area contributed by atoms with E-state index >= 15 is 0 Å². The number of aldehydes is 1. The predicted octanol–water partition coefficient (Wildman–Crippen LogP) is -0.800. The zero-order valence-corrected chi connectivity index (χ0v) is 7.45. The van der Waals surface area contributed by atoms with Crippen LogP contribution >= 0.6 is 11.9 Å². The highest BCUT2D eigenvalue weighted by molar-refractivity contribution is 7.97. The fourth-order valence-electron chi connectivity index (χ4n) is 0.780. The van der Waals surface area contributed by atoms with Gasteiger partial charge in [0.1, 0.15) is 7.11 Å². The van der Waals surface area contributed by atoms with Crippen LogP contribution in [-0.2, 0) is 9.63 Å². The van der Waals surface area contributed by atoms with Crippen molar-refractivity contribution in [3.8, 4) is 0 Å². The van der Waals surface area contributed by atoms with Gasteiger partial charge in [-0.15, -0.1) is 0 Å². The SMILES string of the molecule is CO/N=C(\C=O)N1CSN(N)C1. The largest absolute Gasteiger partial charge is 0.397 e. The van der Waals surface area contributed by atoms with Gasteiger partial charge in [-0.2, -0.15) is 4.41 Å². The van der Waals surface area contributed by atoms with E-state index < -0.39 is 0 Å². The molecule has 0 aliphatic carbocycles. The molecule has 12 heavy (non-hydrogen) atoms. The van der Waals surface area contributed by atoms with Crippen molar-refractivity contribution in [2.24, 2.45) is 11.0 Å². The van der Waals surface area contributed by atoms with Gasteiger partial charge in [0.15, 0.2) is 6.29 Å². The lowest BCUT2D eigenvalue weighted by Gasteiger charge is -2.12. The maximum atomic E-state index is 10.5. The summed E-state index contributed by atoms with van der Waals surface area (Å²) in [7, 11) is 1.40. The van der Waals surface area contributed by atoms with Crippen molar-refractivity contribution in [1.29, 1.82) is 0 Å². The average Bonchev–Trinajstić information content (AvgIpc) is 2.47. The third kappa shape index (κ3) is 2.10. The Morgan fingerprint density at radius 3 is 3.00 bits per heavy atom. The van der Waals surface area contributed by atoms with Crippen molar-refractivity contribution in [1.82, 2.24) is 9.31 Å². The molecule has 0 bridgehead atoms. The molecule has 1 aliphatic heterocycles. The number of nitrogens with two attached hydrogens (primary N) is 1. The van der Waals surface area contributed by atoms with Crippen LogP contribution in [0.3, 0.4) is 0 Å². The van der Waals surface area contributed by atoms with Crippen molar-refractivity contribution in [3.63, 3.8) is 0 Å². The van der Waals surface area contributed by atoms with Crippen LogP contribution in [0.5, 0.6) is 0 Å². The Morgan fingerprint density at radius 2 is 2.58 bits per heavy atom. The number of oxime groups is 1. The molecule has 6 nitrogen and oxygen atoms in total. The summed E-state index contributed by atoms with van der Waals surface area (Å²) in [6.45, 7) is 0.478. The number of hydrogen-bond donors (Lipinski definition) is 1. The second-order valence-corrected chi connectivity index (χ2v) is 3.09. The minimum atomic E-state index is 0.262. The molecule has 1 saturated heterocycles. The molecule has 0 aromatic carbocycles. The second kappa shape index (κ2) is 4.29. The molecule has 68 valence electrons. The van der Waals surface area contributed by atoms with E-state index in [4.69, 9.17) is 5.84 Å². The Morgan fingerprint density at radius 1 is 1.83 bits per heavy atom. The first kappa shape index (κ1) is 9.30. The maximum Gasteiger partial charge on any atom is 0.210 e. The number of rotatable bonds is 2. The van der Waals surface area contributed by atoms with Gasteiger partial charge in [0, 0.05) is 0 Å². The van der Waals surface area contributed by atoms with Crippen LogP contribution in [0.2, 0.25) is 0 Å². The summed E-state index contributed by atoms with van der Waals surface area (Å²) in [5.74, 6) is 6.34. The second-order valence-electron chi connectivity index (χ2n) is 2.11. The zero-order chi connectivity index (χ0) is 8.97. The van der Waals surface area contributed by atoms with Gasteiger partial charge in [0.05, 0.1) is 12.5 Å². The van der Waals surface area contributed by atoms with Gasteiger partial charge in [0.25, 0.3) is 0 Å². The summed E-state index contributed by atoms with van der Waals surface area (Å²) in [5, 5.41) is 3.54. The fraction of sp³-hybridized carbons (Fsp3) is 0.600. The molecule has 1 fully saturated rings. The van der Waals surface area contributed by atoms with Gasteiger partial charge < -0.3 is 9.74 Å². The molecule has 1 rings (SSSR count). The smallest absolute Gasteiger partial charge is 0.210 e. The van der Waals surface area contributed by atoms with Gasteiger partial charge in [-0.25, -0.2) is 0 Å². The molecule has 2 N–H and O–H groups in total. The monoisotopic (exact) mass is 190 g/mol. The molecule has 1 aliphatic rings. The molecule has 7 heteroatoms. The molecule has 0 aromatic rings. The van der Waals surface area contributed by atoms with Crippen LogP contribution in [0.25, 0.3) is 0 Å². The summed E-state index contributed by atoms with van der Waals surface area (Å²) in [6, 6.07) is 0. The first-order valence-corrected chi connectivity index (χ1v) is 4.18. The Bertz CT molecular complexity index is 198. The number of amidine groups is 1. The van der Waals surface area contributed by atoms with Crippen molar-refractivity contribution < 1.29 is 9.63 Å². The molecule has 0 spiro atoms. The molecule has 0 unspecified atom stereocenters. The lowest BCUT2D eigenvalue weighted by atomic mass is 10.6. The van der Waals surface area contributed by atoms with E-state index in [1.807, 2.05) is 0 Å². The minimum absolute atomic E-state index is 0.262. The van der Waals surface area contributed by atoms with Crippen LogP contribution in [0.4, 0.5) is 0 Å². The number of carbonyl (C=O) groups excluding carboxylic acids is 1. The normalized spacial score (nSPS) is 19.8. The highest BCUT2D eigenvalue weighted by Gasteiger charge is 2.21. The first-order valence-electron chi connectivity index (χ1n) is 3.24. The predicted molar refractivity (Wildman–Crippen MR) is 45.7 cm³/mol. The van der Waals surface area contributed by atoms with Gasteiger partial charge in [0.2, 0.25) is 5.84 Å². The van der Waals surface area contributed by atoms with Crippen LogP contribution in [0, 0.1) is 0 Å². The highest BCUT2D eigenvalue weighted by Crippen LogP contribution is 2.16. The molecular formula is C5H10N4O2S. The van der Waals surface area contributed by atoms with Crippen LogP contribution in [0.15, 0.2) is 5.16 Å². The molecular weight excluding hydrogens is 180 g/mol. The minimum Gasteiger partial charge on any atom is -0.397 e. The number of hydrogen-bond acceptors (Lipinski definition) is 6. The Labute approximate surface area is 74.4 Å². The van der Waals surface area contributed by atoms with Crippen molar-refractivity contribution >= 4 is 24.1 Å². The van der Waals surface area contributed by atoms with E-state index in [-0.39, 0.29) is 5.84 Å². The van der Waals surface area contributed by atoms with Crippen molar-refractivity contribution in [2.75, 3.05) is 19.7 Å². The van der Waals surface area contributed by atoms with Crippen molar-refractivity contribution in [2.45, 2.75) is 0 Å². The summed E-state index contributed by atoms with van der Waals surface area (Å²) in [5.41, 5.74) is 0. The molecule has 0 aromatic heterocycles. The van der Waals surface area contributed by atoms with E-state index in [1.165, 1.54) is 23.5 Å². The molecule has 0 radical (unpaired) electrons. The third-order valence-electron chi connectivity index (χ3n) is 1.30. The Hall–Kier alpha value is -0.790. The summed E-state index contributed by atoms with van der Waals surface area (Å²) in [6.07, 6.45) is 0.642. The molecule has 0 amide bonds. The molecule has 0 atom stereocenters. The number of carbonyl (C=O) groups is 1. The molecule has 1 heterocycles. The van der Waals surface area contributed by atoms with Gasteiger partial charge in [-0.3, -0.25) is 10.6 Å². The first-order chi connectivity index (χ1) is 5.77. The van der Waals surface area contributed by atoms with E-state index in [0.717, 1.165) is 0 Å². The van der Waals surface area contributed by atoms with E-state index in [1.54, 1.807) is 4.90 Å². The van der Waals surface area contributed by atoms with Crippen LogP contribution in [0.1, 0.15) is 0 Å². The quantitative estimate of drug-likeness (QED) is 0.153. The zero-order valence-electron chi connectivity index (χ0n) is 6.64. The van der Waals surface area contributed by atoms with Crippen LogP contribution < -0.4 is 5.84 Å².